The predicted molar refractivity (Wildman–Crippen MR) is 71.2 cm³/mol. The normalized spacial score (nSPS) is 11.2. The maximum Gasteiger partial charge on any atom is 0.417 e. The van der Waals surface area contributed by atoms with E-state index in [1.807, 2.05) is 0 Å². The molecular weight excluding hydrogens is 281 g/mol. The van der Waals surface area contributed by atoms with E-state index in [0.29, 0.717) is 5.56 Å². The first-order chi connectivity index (χ1) is 9.89. The van der Waals surface area contributed by atoms with Gasteiger partial charge in [0.05, 0.1) is 12.0 Å². The van der Waals surface area contributed by atoms with E-state index in [1.54, 1.807) is 18.2 Å². The van der Waals surface area contributed by atoms with Crippen LogP contribution < -0.4 is 0 Å². The molecule has 0 atom stereocenters. The van der Waals surface area contributed by atoms with Crippen molar-refractivity contribution in [1.29, 1.82) is 0 Å². The lowest BCUT2D eigenvalue weighted by molar-refractivity contribution is -0.137. The summed E-state index contributed by atoms with van der Waals surface area (Å²) in [4.78, 5) is 23.9. The van der Waals surface area contributed by atoms with Crippen LogP contribution in [-0.4, -0.2) is 11.6 Å². The largest absolute Gasteiger partial charge is 0.417 e. The van der Waals surface area contributed by atoms with Gasteiger partial charge in [0.1, 0.15) is 0 Å². The van der Waals surface area contributed by atoms with Crippen molar-refractivity contribution in [3.63, 3.8) is 0 Å². The number of rotatable bonds is 4. The molecule has 0 N–H and O–H groups in total. The zero-order valence-corrected chi connectivity index (χ0v) is 10.9. The highest BCUT2D eigenvalue weighted by Gasteiger charge is 2.34. The summed E-state index contributed by atoms with van der Waals surface area (Å²) < 4.78 is 38.5. The summed E-state index contributed by atoms with van der Waals surface area (Å²) >= 11 is 0. The molecular formula is C16H11F3O2. The van der Waals surface area contributed by atoms with Crippen molar-refractivity contribution in [2.24, 2.45) is 0 Å². The summed E-state index contributed by atoms with van der Waals surface area (Å²) in [6.45, 7) is 0. The van der Waals surface area contributed by atoms with E-state index < -0.39 is 35.3 Å². The van der Waals surface area contributed by atoms with Gasteiger partial charge in [0.2, 0.25) is 0 Å². The number of Topliss-reactive ketones (excluding diaryl/α,β-unsaturated/α-hetero) is 2. The lowest BCUT2D eigenvalue weighted by atomic mass is 9.97. The monoisotopic (exact) mass is 292 g/mol. The lowest BCUT2D eigenvalue weighted by Gasteiger charge is -2.11. The minimum absolute atomic E-state index is 0.301. The van der Waals surface area contributed by atoms with Gasteiger partial charge in [0.25, 0.3) is 0 Å². The van der Waals surface area contributed by atoms with Gasteiger partial charge in [-0.15, -0.1) is 0 Å². The number of hydrogen-bond donors (Lipinski definition) is 0. The topological polar surface area (TPSA) is 34.1 Å². The van der Waals surface area contributed by atoms with E-state index in [1.165, 1.54) is 24.3 Å². The number of hydrogen-bond acceptors (Lipinski definition) is 2. The van der Waals surface area contributed by atoms with Crippen LogP contribution in [0.5, 0.6) is 0 Å². The van der Waals surface area contributed by atoms with Crippen LogP contribution >= 0.6 is 0 Å². The molecule has 2 aromatic rings. The Morgan fingerprint density at radius 1 is 0.810 bits per heavy atom. The second kappa shape index (κ2) is 5.91. The molecule has 0 radical (unpaired) electrons. The third-order valence-corrected chi connectivity index (χ3v) is 2.95. The third-order valence-electron chi connectivity index (χ3n) is 2.95. The van der Waals surface area contributed by atoms with E-state index in [4.69, 9.17) is 0 Å². The summed E-state index contributed by atoms with van der Waals surface area (Å²) in [6.07, 6.45) is -5.21. The number of benzene rings is 2. The molecule has 0 saturated heterocycles. The van der Waals surface area contributed by atoms with Crippen LogP contribution in [0, 0.1) is 0 Å². The number of carbonyl (C=O) groups excluding carboxylic acids is 2. The standard InChI is InChI=1S/C16H11F3O2/c17-16(18,19)13-9-5-4-8-12(13)15(21)10-14(20)11-6-2-1-3-7-11/h1-9H,10H2. The Hall–Kier alpha value is -2.43. The number of halogens is 3. The van der Waals surface area contributed by atoms with Crippen LogP contribution in [-0.2, 0) is 6.18 Å². The minimum Gasteiger partial charge on any atom is -0.294 e. The molecule has 0 amide bonds. The average molecular weight is 292 g/mol. The van der Waals surface area contributed by atoms with Crippen molar-refractivity contribution >= 4 is 11.6 Å². The van der Waals surface area contributed by atoms with Crippen LogP contribution in [0.4, 0.5) is 13.2 Å². The molecule has 108 valence electrons. The van der Waals surface area contributed by atoms with Crippen LogP contribution in [0.1, 0.15) is 32.7 Å². The van der Waals surface area contributed by atoms with Gasteiger partial charge in [-0.25, -0.2) is 0 Å². The van der Waals surface area contributed by atoms with E-state index in [0.717, 1.165) is 12.1 Å². The van der Waals surface area contributed by atoms with Crippen molar-refractivity contribution in [2.75, 3.05) is 0 Å². The molecule has 0 aliphatic carbocycles. The summed E-state index contributed by atoms with van der Waals surface area (Å²) in [5.74, 6) is -1.34. The smallest absolute Gasteiger partial charge is 0.294 e. The summed E-state index contributed by atoms with van der Waals surface area (Å²) in [5.41, 5.74) is -1.19. The van der Waals surface area contributed by atoms with E-state index in [-0.39, 0.29) is 0 Å². The number of alkyl halides is 3. The molecule has 2 nitrogen and oxygen atoms in total. The van der Waals surface area contributed by atoms with Gasteiger partial charge in [-0.2, -0.15) is 13.2 Å². The van der Waals surface area contributed by atoms with Crippen molar-refractivity contribution in [2.45, 2.75) is 12.6 Å². The second-order valence-corrected chi connectivity index (χ2v) is 4.43. The maximum atomic E-state index is 12.8. The fourth-order valence-electron chi connectivity index (χ4n) is 1.94. The van der Waals surface area contributed by atoms with Crippen LogP contribution in [0.15, 0.2) is 54.6 Å². The maximum absolute atomic E-state index is 12.8. The molecule has 0 saturated carbocycles. The molecule has 21 heavy (non-hydrogen) atoms. The van der Waals surface area contributed by atoms with Crippen molar-refractivity contribution in [1.82, 2.24) is 0 Å². The summed E-state index contributed by atoms with van der Waals surface area (Å²) in [5, 5.41) is 0. The first kappa shape index (κ1) is 15.0. The second-order valence-electron chi connectivity index (χ2n) is 4.43. The van der Waals surface area contributed by atoms with E-state index >= 15 is 0 Å². The molecule has 0 aromatic heterocycles. The first-order valence-electron chi connectivity index (χ1n) is 6.17. The van der Waals surface area contributed by atoms with E-state index in [9.17, 15) is 22.8 Å². The Bertz CT molecular complexity index is 661. The molecule has 0 spiro atoms. The Labute approximate surface area is 119 Å². The lowest BCUT2D eigenvalue weighted by Crippen LogP contribution is -2.15. The SMILES string of the molecule is O=C(CC(=O)c1ccccc1C(F)(F)F)c1ccccc1. The Morgan fingerprint density at radius 2 is 1.38 bits per heavy atom. The minimum atomic E-state index is -4.62. The Kier molecular flexibility index (Phi) is 4.21. The Morgan fingerprint density at radius 3 is 2.00 bits per heavy atom. The van der Waals surface area contributed by atoms with Gasteiger partial charge in [-0.1, -0.05) is 48.5 Å². The van der Waals surface area contributed by atoms with Gasteiger partial charge in [0.15, 0.2) is 11.6 Å². The molecule has 0 bridgehead atoms. The van der Waals surface area contributed by atoms with Gasteiger partial charge in [0, 0.05) is 11.1 Å². The van der Waals surface area contributed by atoms with E-state index in [2.05, 4.69) is 0 Å². The van der Waals surface area contributed by atoms with Crippen molar-refractivity contribution in [3.05, 3.63) is 71.3 Å². The number of carbonyl (C=O) groups is 2. The highest BCUT2D eigenvalue weighted by Crippen LogP contribution is 2.32. The van der Waals surface area contributed by atoms with Gasteiger partial charge in [-0.3, -0.25) is 9.59 Å². The summed E-state index contributed by atoms with van der Waals surface area (Å²) in [6, 6.07) is 12.5. The highest BCUT2D eigenvalue weighted by molar-refractivity contribution is 6.14. The van der Waals surface area contributed by atoms with Crippen LogP contribution in [0.3, 0.4) is 0 Å². The quantitative estimate of drug-likeness (QED) is 0.626. The molecule has 2 aromatic carbocycles. The third kappa shape index (κ3) is 3.56. The molecule has 0 aliphatic heterocycles. The predicted octanol–water partition coefficient (Wildman–Crippen LogP) is 4.16. The first-order valence-corrected chi connectivity index (χ1v) is 6.17. The fourth-order valence-corrected chi connectivity index (χ4v) is 1.94. The van der Waals surface area contributed by atoms with Crippen molar-refractivity contribution < 1.29 is 22.8 Å². The number of ketones is 2. The van der Waals surface area contributed by atoms with Crippen LogP contribution in [0.2, 0.25) is 0 Å². The van der Waals surface area contributed by atoms with Gasteiger partial charge in [-0.05, 0) is 6.07 Å². The molecule has 5 heteroatoms. The van der Waals surface area contributed by atoms with Gasteiger partial charge >= 0.3 is 6.18 Å². The molecule has 0 fully saturated rings. The summed E-state index contributed by atoms with van der Waals surface area (Å²) in [7, 11) is 0. The van der Waals surface area contributed by atoms with Crippen LogP contribution in [0.25, 0.3) is 0 Å². The zero-order chi connectivity index (χ0) is 15.5. The molecule has 0 heterocycles. The highest BCUT2D eigenvalue weighted by atomic mass is 19.4. The average Bonchev–Trinajstić information content (AvgIpc) is 2.47. The fraction of sp³-hybridized carbons (Fsp3) is 0.125. The zero-order valence-electron chi connectivity index (χ0n) is 10.9. The van der Waals surface area contributed by atoms with Gasteiger partial charge < -0.3 is 0 Å². The molecule has 0 unspecified atom stereocenters. The Balaban J connectivity index is 2.24. The molecule has 0 aliphatic rings. The van der Waals surface area contributed by atoms with Crippen molar-refractivity contribution in [3.8, 4) is 0 Å². The molecule has 2 rings (SSSR count).